The van der Waals surface area contributed by atoms with E-state index in [0.717, 1.165) is 35.7 Å². The first-order chi connectivity index (χ1) is 7.59. The van der Waals surface area contributed by atoms with E-state index in [9.17, 15) is 5.11 Å². The molecule has 0 saturated heterocycles. The van der Waals surface area contributed by atoms with Gasteiger partial charge in [0.2, 0.25) is 0 Å². The summed E-state index contributed by atoms with van der Waals surface area (Å²) in [6.45, 7) is 4.22. The van der Waals surface area contributed by atoms with Gasteiger partial charge >= 0.3 is 0 Å². The standard InChI is InChI=1S/C13H20BrNO/c1-3-5-13(16,6-4-2)8-11-7-12(14)10-15-9-11/h7,9-10,16H,3-6,8H2,1-2H3. The van der Waals surface area contributed by atoms with Gasteiger partial charge in [-0.1, -0.05) is 26.7 Å². The molecule has 1 aromatic heterocycles. The third-order valence-electron chi connectivity index (χ3n) is 2.73. The van der Waals surface area contributed by atoms with Gasteiger partial charge in [-0.2, -0.15) is 0 Å². The van der Waals surface area contributed by atoms with Gasteiger partial charge in [0.1, 0.15) is 0 Å². The molecule has 0 aliphatic heterocycles. The third kappa shape index (κ3) is 4.22. The molecule has 0 radical (unpaired) electrons. The Morgan fingerprint density at radius 3 is 2.38 bits per heavy atom. The van der Waals surface area contributed by atoms with Crippen LogP contribution in [0.2, 0.25) is 0 Å². The number of aromatic nitrogens is 1. The van der Waals surface area contributed by atoms with Crippen LogP contribution in [0.4, 0.5) is 0 Å². The lowest BCUT2D eigenvalue weighted by Crippen LogP contribution is -2.31. The Morgan fingerprint density at radius 1 is 1.25 bits per heavy atom. The van der Waals surface area contributed by atoms with Gasteiger partial charge in [0.25, 0.3) is 0 Å². The summed E-state index contributed by atoms with van der Waals surface area (Å²) in [7, 11) is 0. The average Bonchev–Trinajstić information content (AvgIpc) is 2.17. The summed E-state index contributed by atoms with van der Waals surface area (Å²) >= 11 is 3.40. The SMILES string of the molecule is CCCC(O)(CCC)Cc1cncc(Br)c1. The van der Waals surface area contributed by atoms with Crippen LogP contribution in [0, 0.1) is 0 Å². The van der Waals surface area contributed by atoms with Crippen LogP contribution in [-0.2, 0) is 6.42 Å². The van der Waals surface area contributed by atoms with Crippen LogP contribution in [-0.4, -0.2) is 15.7 Å². The Kier molecular flexibility index (Phi) is 5.42. The maximum Gasteiger partial charge on any atom is 0.0688 e. The van der Waals surface area contributed by atoms with E-state index in [-0.39, 0.29) is 0 Å². The van der Waals surface area contributed by atoms with Gasteiger partial charge in [0, 0.05) is 23.3 Å². The number of hydrogen-bond acceptors (Lipinski definition) is 2. The molecular weight excluding hydrogens is 266 g/mol. The molecule has 1 N–H and O–H groups in total. The van der Waals surface area contributed by atoms with Crippen molar-refractivity contribution in [2.24, 2.45) is 0 Å². The lowest BCUT2D eigenvalue weighted by atomic mass is 9.87. The number of aliphatic hydroxyl groups is 1. The number of halogens is 1. The fourth-order valence-corrected chi connectivity index (χ4v) is 2.58. The van der Waals surface area contributed by atoms with Gasteiger partial charge < -0.3 is 5.11 Å². The van der Waals surface area contributed by atoms with Gasteiger partial charge in [-0.05, 0) is 40.4 Å². The molecule has 1 heterocycles. The lowest BCUT2D eigenvalue weighted by Gasteiger charge is -2.27. The van der Waals surface area contributed by atoms with Crippen LogP contribution < -0.4 is 0 Å². The zero-order valence-corrected chi connectivity index (χ0v) is 11.6. The van der Waals surface area contributed by atoms with E-state index in [4.69, 9.17) is 0 Å². The van der Waals surface area contributed by atoms with E-state index in [1.165, 1.54) is 0 Å². The smallest absolute Gasteiger partial charge is 0.0688 e. The molecule has 0 amide bonds. The largest absolute Gasteiger partial charge is 0.390 e. The van der Waals surface area contributed by atoms with Crippen molar-refractivity contribution in [3.05, 3.63) is 28.5 Å². The first-order valence-corrected chi connectivity index (χ1v) is 6.71. The van der Waals surface area contributed by atoms with Gasteiger partial charge in [0.05, 0.1) is 5.60 Å². The first-order valence-electron chi connectivity index (χ1n) is 5.91. The highest BCUT2D eigenvalue weighted by atomic mass is 79.9. The van der Waals surface area contributed by atoms with E-state index in [2.05, 4.69) is 34.8 Å². The Morgan fingerprint density at radius 2 is 1.88 bits per heavy atom. The summed E-state index contributed by atoms with van der Waals surface area (Å²) in [5, 5.41) is 10.5. The molecule has 90 valence electrons. The monoisotopic (exact) mass is 285 g/mol. The quantitative estimate of drug-likeness (QED) is 0.864. The Hall–Kier alpha value is -0.410. The number of rotatable bonds is 6. The molecule has 3 heteroatoms. The van der Waals surface area contributed by atoms with Crippen molar-refractivity contribution < 1.29 is 5.11 Å². The number of hydrogen-bond donors (Lipinski definition) is 1. The van der Waals surface area contributed by atoms with Crippen LogP contribution in [0.15, 0.2) is 22.9 Å². The summed E-state index contributed by atoms with van der Waals surface area (Å²) in [6, 6.07) is 2.03. The first kappa shape index (κ1) is 13.7. The van der Waals surface area contributed by atoms with E-state index >= 15 is 0 Å². The molecule has 0 spiro atoms. The van der Waals surface area contributed by atoms with Crippen LogP contribution in [0.1, 0.15) is 45.1 Å². The summed E-state index contributed by atoms with van der Waals surface area (Å²) in [5.41, 5.74) is 0.533. The third-order valence-corrected chi connectivity index (χ3v) is 3.16. The second-order valence-corrected chi connectivity index (χ2v) is 5.33. The maximum absolute atomic E-state index is 10.5. The highest BCUT2D eigenvalue weighted by molar-refractivity contribution is 9.10. The molecule has 0 aliphatic carbocycles. The molecule has 1 aromatic rings. The normalized spacial score (nSPS) is 11.8. The average molecular weight is 286 g/mol. The molecule has 0 bridgehead atoms. The second-order valence-electron chi connectivity index (χ2n) is 4.41. The zero-order valence-electron chi connectivity index (χ0n) is 10.0. The molecule has 1 rings (SSSR count). The predicted octanol–water partition coefficient (Wildman–Crippen LogP) is 3.72. The van der Waals surface area contributed by atoms with E-state index in [0.29, 0.717) is 6.42 Å². The molecule has 0 unspecified atom stereocenters. The van der Waals surface area contributed by atoms with E-state index in [1.54, 1.807) is 6.20 Å². The molecule has 0 saturated carbocycles. The van der Waals surface area contributed by atoms with E-state index in [1.807, 2.05) is 12.3 Å². The molecular formula is C13H20BrNO. The fourth-order valence-electron chi connectivity index (χ4n) is 2.16. The molecule has 0 aliphatic rings. The van der Waals surface area contributed by atoms with Crippen molar-refractivity contribution in [1.82, 2.24) is 4.98 Å². The molecule has 0 atom stereocenters. The van der Waals surface area contributed by atoms with Gasteiger partial charge in [-0.25, -0.2) is 0 Å². The topological polar surface area (TPSA) is 33.1 Å². The fraction of sp³-hybridized carbons (Fsp3) is 0.615. The second kappa shape index (κ2) is 6.36. The summed E-state index contributed by atoms with van der Waals surface area (Å²) in [4.78, 5) is 4.13. The lowest BCUT2D eigenvalue weighted by molar-refractivity contribution is 0.0215. The van der Waals surface area contributed by atoms with Crippen molar-refractivity contribution in [1.29, 1.82) is 0 Å². The molecule has 0 aromatic carbocycles. The number of pyridine rings is 1. The van der Waals surface area contributed by atoms with Crippen molar-refractivity contribution in [2.45, 2.75) is 51.6 Å². The summed E-state index contributed by atoms with van der Waals surface area (Å²) in [6.07, 6.45) is 8.03. The van der Waals surface area contributed by atoms with Gasteiger partial charge in [0.15, 0.2) is 0 Å². The highest BCUT2D eigenvalue weighted by Gasteiger charge is 2.25. The van der Waals surface area contributed by atoms with Crippen LogP contribution in [0.25, 0.3) is 0 Å². The van der Waals surface area contributed by atoms with Crippen LogP contribution >= 0.6 is 15.9 Å². The zero-order chi connectivity index (χ0) is 12.0. The minimum Gasteiger partial charge on any atom is -0.390 e. The van der Waals surface area contributed by atoms with Crippen LogP contribution in [0.3, 0.4) is 0 Å². The summed E-state index contributed by atoms with van der Waals surface area (Å²) < 4.78 is 0.973. The molecule has 16 heavy (non-hydrogen) atoms. The molecule has 2 nitrogen and oxygen atoms in total. The summed E-state index contributed by atoms with van der Waals surface area (Å²) in [5.74, 6) is 0. The Bertz CT molecular complexity index is 321. The Balaban J connectivity index is 2.74. The van der Waals surface area contributed by atoms with E-state index < -0.39 is 5.60 Å². The maximum atomic E-state index is 10.5. The predicted molar refractivity (Wildman–Crippen MR) is 70.4 cm³/mol. The minimum absolute atomic E-state index is 0.564. The van der Waals surface area contributed by atoms with Crippen LogP contribution in [0.5, 0.6) is 0 Å². The Labute approximate surface area is 106 Å². The van der Waals surface area contributed by atoms with Crippen molar-refractivity contribution >= 4 is 15.9 Å². The number of nitrogens with zero attached hydrogens (tertiary/aromatic N) is 1. The highest BCUT2D eigenvalue weighted by Crippen LogP contribution is 2.25. The minimum atomic E-state index is -0.564. The van der Waals surface area contributed by atoms with Crippen molar-refractivity contribution in [3.8, 4) is 0 Å². The van der Waals surface area contributed by atoms with Crippen molar-refractivity contribution in [2.75, 3.05) is 0 Å². The van der Waals surface area contributed by atoms with Crippen molar-refractivity contribution in [3.63, 3.8) is 0 Å². The molecule has 0 fully saturated rings. The van der Waals surface area contributed by atoms with Gasteiger partial charge in [-0.15, -0.1) is 0 Å². The van der Waals surface area contributed by atoms with Gasteiger partial charge in [-0.3, -0.25) is 4.98 Å².